The number of nitrogens with zero attached hydrogens (tertiary/aromatic N) is 2. The lowest BCUT2D eigenvalue weighted by Crippen LogP contribution is -2.19. The molecule has 0 fully saturated rings. The highest BCUT2D eigenvalue weighted by atomic mass is 35.5. The summed E-state index contributed by atoms with van der Waals surface area (Å²) in [6.07, 6.45) is 0. The number of hydrogen-bond donors (Lipinski definition) is 2. The molecule has 0 saturated carbocycles. The van der Waals surface area contributed by atoms with Crippen LogP contribution in [0.1, 0.15) is 29.9 Å². The van der Waals surface area contributed by atoms with Gasteiger partial charge in [0.05, 0.1) is 23.0 Å². The fourth-order valence-corrected chi connectivity index (χ4v) is 2.70. The van der Waals surface area contributed by atoms with Crippen molar-refractivity contribution in [2.24, 2.45) is 5.10 Å². The highest BCUT2D eigenvalue weighted by Crippen LogP contribution is 2.26. The molecule has 1 aromatic heterocycles. The van der Waals surface area contributed by atoms with Crippen molar-refractivity contribution >= 4 is 23.2 Å². The number of nitrogens with one attached hydrogen (secondary N) is 2. The summed E-state index contributed by atoms with van der Waals surface area (Å²) >= 11 is 6.16. The minimum atomic E-state index is -0.383. The van der Waals surface area contributed by atoms with Gasteiger partial charge in [0.1, 0.15) is 11.4 Å². The van der Waals surface area contributed by atoms with Crippen molar-refractivity contribution in [2.45, 2.75) is 13.8 Å². The van der Waals surface area contributed by atoms with Gasteiger partial charge in [0, 0.05) is 5.56 Å². The quantitative estimate of drug-likeness (QED) is 0.493. The Morgan fingerprint density at radius 3 is 2.67 bits per heavy atom. The number of amides is 1. The van der Waals surface area contributed by atoms with Crippen molar-refractivity contribution in [2.75, 3.05) is 6.61 Å². The van der Waals surface area contributed by atoms with Crippen LogP contribution in [0.3, 0.4) is 0 Å². The Kier molecular flexibility index (Phi) is 5.88. The lowest BCUT2D eigenvalue weighted by molar-refractivity contribution is 0.0950. The van der Waals surface area contributed by atoms with Crippen LogP contribution in [0.4, 0.5) is 0 Å². The minimum Gasteiger partial charge on any atom is -0.494 e. The van der Waals surface area contributed by atoms with E-state index < -0.39 is 0 Å². The first-order valence-electron chi connectivity index (χ1n) is 8.46. The zero-order chi connectivity index (χ0) is 19.2. The standard InChI is InChI=1S/C20H19ClN4O2/c1-3-27-15-10-8-14(9-11-15)13(2)22-25-20(26)19-12-18(23-24-19)16-6-4-5-7-17(16)21/h4-12H,3H2,1-2H3,(H,23,24)(H,25,26)/b22-13+. The molecule has 2 aromatic carbocycles. The predicted molar refractivity (Wildman–Crippen MR) is 106 cm³/mol. The van der Waals surface area contributed by atoms with E-state index in [1.807, 2.05) is 56.3 Å². The molecule has 2 N–H and O–H groups in total. The maximum Gasteiger partial charge on any atom is 0.289 e. The van der Waals surface area contributed by atoms with Crippen LogP contribution in [0, 0.1) is 0 Å². The van der Waals surface area contributed by atoms with Crippen molar-refractivity contribution in [3.8, 4) is 17.0 Å². The Morgan fingerprint density at radius 1 is 1.22 bits per heavy atom. The lowest BCUT2D eigenvalue weighted by Gasteiger charge is -2.05. The van der Waals surface area contributed by atoms with Gasteiger partial charge in [-0.15, -0.1) is 0 Å². The molecule has 0 bridgehead atoms. The third kappa shape index (κ3) is 4.54. The molecule has 0 unspecified atom stereocenters. The second-order valence-electron chi connectivity index (χ2n) is 5.74. The molecule has 0 saturated heterocycles. The molecule has 27 heavy (non-hydrogen) atoms. The van der Waals surface area contributed by atoms with E-state index in [2.05, 4.69) is 20.7 Å². The molecule has 138 valence electrons. The first kappa shape index (κ1) is 18.7. The smallest absolute Gasteiger partial charge is 0.289 e. The van der Waals surface area contributed by atoms with Gasteiger partial charge in [0.15, 0.2) is 0 Å². The van der Waals surface area contributed by atoms with Crippen LogP contribution in [0.25, 0.3) is 11.3 Å². The van der Waals surface area contributed by atoms with E-state index in [4.69, 9.17) is 16.3 Å². The molecule has 0 aliphatic carbocycles. The topological polar surface area (TPSA) is 79.4 Å². The van der Waals surface area contributed by atoms with Gasteiger partial charge in [0.2, 0.25) is 0 Å². The molecule has 6 nitrogen and oxygen atoms in total. The summed E-state index contributed by atoms with van der Waals surface area (Å²) < 4.78 is 5.41. The van der Waals surface area contributed by atoms with Crippen molar-refractivity contribution < 1.29 is 9.53 Å². The zero-order valence-electron chi connectivity index (χ0n) is 15.0. The van der Waals surface area contributed by atoms with Gasteiger partial charge in [-0.05, 0) is 55.8 Å². The molecule has 1 heterocycles. The number of rotatable bonds is 6. The summed E-state index contributed by atoms with van der Waals surface area (Å²) in [6.45, 7) is 4.36. The predicted octanol–water partition coefficient (Wildman–Crippen LogP) is 4.28. The molecule has 0 aliphatic rings. The maximum absolute atomic E-state index is 12.3. The number of aromatic nitrogens is 2. The van der Waals surface area contributed by atoms with E-state index in [1.165, 1.54) is 0 Å². The Hall–Kier alpha value is -3.12. The van der Waals surface area contributed by atoms with E-state index >= 15 is 0 Å². The van der Waals surface area contributed by atoms with E-state index in [1.54, 1.807) is 12.1 Å². The average Bonchev–Trinajstić information content (AvgIpc) is 3.17. The summed E-state index contributed by atoms with van der Waals surface area (Å²) in [5.41, 5.74) is 5.74. The van der Waals surface area contributed by atoms with E-state index in [-0.39, 0.29) is 5.91 Å². The molecule has 0 aliphatic heterocycles. The van der Waals surface area contributed by atoms with Crippen LogP contribution >= 0.6 is 11.6 Å². The molecule has 0 atom stereocenters. The monoisotopic (exact) mass is 382 g/mol. The molecule has 7 heteroatoms. The molecule has 1 amide bonds. The number of aromatic amines is 1. The number of carbonyl (C=O) groups is 1. The average molecular weight is 383 g/mol. The molecule has 0 spiro atoms. The summed E-state index contributed by atoms with van der Waals surface area (Å²) in [4.78, 5) is 12.3. The van der Waals surface area contributed by atoms with Gasteiger partial charge >= 0.3 is 0 Å². The zero-order valence-corrected chi connectivity index (χ0v) is 15.7. The first-order valence-corrected chi connectivity index (χ1v) is 8.84. The third-order valence-electron chi connectivity index (χ3n) is 3.88. The molecule has 3 aromatic rings. The second kappa shape index (κ2) is 8.51. The van der Waals surface area contributed by atoms with Crippen LogP contribution in [0.2, 0.25) is 5.02 Å². The van der Waals surface area contributed by atoms with Crippen molar-refractivity contribution in [3.63, 3.8) is 0 Å². The Balaban J connectivity index is 1.68. The Bertz CT molecular complexity index is 964. The van der Waals surface area contributed by atoms with Crippen molar-refractivity contribution in [1.29, 1.82) is 0 Å². The third-order valence-corrected chi connectivity index (χ3v) is 4.21. The van der Waals surface area contributed by atoms with E-state index in [9.17, 15) is 4.79 Å². The van der Waals surface area contributed by atoms with Crippen molar-refractivity contribution in [1.82, 2.24) is 15.6 Å². The van der Waals surface area contributed by atoms with Gasteiger partial charge in [-0.1, -0.05) is 29.8 Å². The van der Waals surface area contributed by atoms with Crippen molar-refractivity contribution in [3.05, 3.63) is 70.9 Å². The summed E-state index contributed by atoms with van der Waals surface area (Å²) in [6, 6.07) is 16.5. The first-order chi connectivity index (χ1) is 13.1. The number of carbonyl (C=O) groups excluding carboxylic acids is 1. The summed E-state index contributed by atoms with van der Waals surface area (Å²) in [7, 11) is 0. The number of benzene rings is 2. The normalized spacial score (nSPS) is 11.3. The lowest BCUT2D eigenvalue weighted by atomic mass is 10.1. The number of H-pyrrole nitrogens is 1. The molecular weight excluding hydrogens is 364 g/mol. The van der Waals surface area contributed by atoms with Gasteiger partial charge in [-0.3, -0.25) is 9.89 Å². The van der Waals surface area contributed by atoms with E-state index in [0.717, 1.165) is 16.9 Å². The second-order valence-corrected chi connectivity index (χ2v) is 6.15. The number of halogens is 1. The minimum absolute atomic E-state index is 0.299. The summed E-state index contributed by atoms with van der Waals surface area (Å²) in [5.74, 6) is 0.411. The molecule has 3 rings (SSSR count). The van der Waals surface area contributed by atoms with Crippen LogP contribution in [-0.4, -0.2) is 28.4 Å². The number of hydrazone groups is 1. The van der Waals surface area contributed by atoms with Crippen LogP contribution < -0.4 is 10.2 Å². The number of hydrogen-bond acceptors (Lipinski definition) is 4. The highest BCUT2D eigenvalue weighted by Gasteiger charge is 2.12. The van der Waals surface area contributed by atoms with Gasteiger partial charge in [-0.2, -0.15) is 10.2 Å². The largest absolute Gasteiger partial charge is 0.494 e. The van der Waals surface area contributed by atoms with Gasteiger partial charge < -0.3 is 4.74 Å². The fraction of sp³-hybridized carbons (Fsp3) is 0.150. The van der Waals surface area contributed by atoms with Crippen LogP contribution in [-0.2, 0) is 0 Å². The molecule has 0 radical (unpaired) electrons. The Morgan fingerprint density at radius 2 is 1.96 bits per heavy atom. The Labute approximate surface area is 162 Å². The fourth-order valence-electron chi connectivity index (χ4n) is 2.46. The SMILES string of the molecule is CCOc1ccc(/C(C)=N/NC(=O)c2cc(-c3ccccc3Cl)n[nH]2)cc1. The molecular formula is C20H19ClN4O2. The number of ether oxygens (including phenoxy) is 1. The van der Waals surface area contributed by atoms with Crippen LogP contribution in [0.15, 0.2) is 59.7 Å². The van der Waals surface area contributed by atoms with Crippen LogP contribution in [0.5, 0.6) is 5.75 Å². The maximum atomic E-state index is 12.3. The highest BCUT2D eigenvalue weighted by molar-refractivity contribution is 6.33. The van der Waals surface area contributed by atoms with Gasteiger partial charge in [-0.25, -0.2) is 5.43 Å². The van der Waals surface area contributed by atoms with Gasteiger partial charge in [0.25, 0.3) is 5.91 Å². The summed E-state index contributed by atoms with van der Waals surface area (Å²) in [5, 5.41) is 11.6. The van der Waals surface area contributed by atoms with E-state index in [0.29, 0.717) is 28.7 Å².